The zero-order chi connectivity index (χ0) is 19.5. The van der Waals surface area contributed by atoms with Crippen LogP contribution in [0.2, 0.25) is 0 Å². The van der Waals surface area contributed by atoms with Crippen molar-refractivity contribution in [2.75, 3.05) is 22.5 Å². The molecule has 0 spiro atoms. The van der Waals surface area contributed by atoms with Gasteiger partial charge >= 0.3 is 0 Å². The Hall–Kier alpha value is -2.71. The quantitative estimate of drug-likeness (QED) is 0.512. The van der Waals surface area contributed by atoms with Crippen molar-refractivity contribution in [1.29, 1.82) is 0 Å². The van der Waals surface area contributed by atoms with Gasteiger partial charge in [0, 0.05) is 17.8 Å². The van der Waals surface area contributed by atoms with Crippen molar-refractivity contribution in [2.45, 2.75) is 17.7 Å². The molecule has 1 aliphatic rings. The van der Waals surface area contributed by atoms with Gasteiger partial charge in [-0.1, -0.05) is 59.0 Å². The van der Waals surface area contributed by atoms with Gasteiger partial charge in [0.25, 0.3) is 5.91 Å². The first-order valence-electron chi connectivity index (χ1n) is 8.83. The maximum absolute atomic E-state index is 12.6. The fourth-order valence-electron chi connectivity index (χ4n) is 2.99. The van der Waals surface area contributed by atoms with Crippen LogP contribution in [0.25, 0.3) is 0 Å². The molecule has 3 aromatic rings. The Labute approximate surface area is 171 Å². The summed E-state index contributed by atoms with van der Waals surface area (Å²) < 4.78 is 0.653. The second-order valence-corrected chi connectivity index (χ2v) is 8.61. The van der Waals surface area contributed by atoms with Gasteiger partial charge in [-0.3, -0.25) is 14.9 Å². The van der Waals surface area contributed by atoms with Crippen molar-refractivity contribution in [3.8, 4) is 0 Å². The minimum atomic E-state index is -0.225. The molecule has 8 heteroatoms. The molecule has 0 aliphatic carbocycles. The Morgan fingerprint density at radius 1 is 1.14 bits per heavy atom. The van der Waals surface area contributed by atoms with Gasteiger partial charge in [0.05, 0.1) is 5.75 Å². The molecule has 0 bridgehead atoms. The minimum absolute atomic E-state index is 0.0513. The fourth-order valence-corrected chi connectivity index (χ4v) is 4.61. The lowest BCUT2D eigenvalue weighted by Crippen LogP contribution is -2.30. The molecule has 2 amide bonds. The standard InChI is InChI=1S/C20H18N4O2S2/c1-13-6-8-15(9-7-13)18(26)21-19-22-23-20(28-19)27-12-17(25)24-11-10-14-4-2-3-5-16(14)24/h2-9H,10-12H2,1H3,(H,21,22,26). The fraction of sp³-hybridized carbons (Fsp3) is 0.200. The number of carbonyl (C=O) groups excluding carboxylic acids is 2. The average molecular weight is 411 g/mol. The van der Waals surface area contributed by atoms with E-state index in [1.54, 1.807) is 12.1 Å². The number of carbonyl (C=O) groups is 2. The number of hydrogen-bond acceptors (Lipinski definition) is 6. The zero-order valence-electron chi connectivity index (χ0n) is 15.2. The van der Waals surface area contributed by atoms with E-state index in [9.17, 15) is 9.59 Å². The number of anilines is 2. The number of rotatable bonds is 5. The Morgan fingerprint density at radius 3 is 2.75 bits per heavy atom. The van der Waals surface area contributed by atoms with Gasteiger partial charge in [0.15, 0.2) is 4.34 Å². The van der Waals surface area contributed by atoms with E-state index in [-0.39, 0.29) is 17.6 Å². The molecule has 0 atom stereocenters. The molecule has 4 rings (SSSR count). The van der Waals surface area contributed by atoms with Gasteiger partial charge in [0.2, 0.25) is 11.0 Å². The molecule has 0 unspecified atom stereocenters. The Balaban J connectivity index is 1.33. The van der Waals surface area contributed by atoms with Crippen LogP contribution in [0.3, 0.4) is 0 Å². The van der Waals surface area contributed by atoms with E-state index in [0.717, 1.165) is 17.7 Å². The number of fused-ring (bicyclic) bond motifs is 1. The van der Waals surface area contributed by atoms with Gasteiger partial charge in [-0.05, 0) is 37.1 Å². The number of aryl methyl sites for hydroxylation is 1. The predicted molar refractivity (Wildman–Crippen MR) is 112 cm³/mol. The third-order valence-electron chi connectivity index (χ3n) is 4.45. The van der Waals surface area contributed by atoms with Crippen LogP contribution in [-0.2, 0) is 11.2 Å². The third-order valence-corrected chi connectivity index (χ3v) is 6.40. The molecule has 0 radical (unpaired) electrons. The van der Waals surface area contributed by atoms with Gasteiger partial charge < -0.3 is 4.90 Å². The second-order valence-electron chi connectivity index (χ2n) is 6.41. The SMILES string of the molecule is Cc1ccc(C(=O)Nc2nnc(SCC(=O)N3CCc4ccccc43)s2)cc1. The smallest absolute Gasteiger partial charge is 0.257 e. The van der Waals surface area contributed by atoms with Crippen LogP contribution in [0.4, 0.5) is 10.8 Å². The summed E-state index contributed by atoms with van der Waals surface area (Å²) in [6, 6.07) is 15.3. The van der Waals surface area contributed by atoms with E-state index in [0.29, 0.717) is 21.6 Å². The van der Waals surface area contributed by atoms with Gasteiger partial charge in [0.1, 0.15) is 0 Å². The summed E-state index contributed by atoms with van der Waals surface area (Å²) in [6.07, 6.45) is 0.889. The maximum Gasteiger partial charge on any atom is 0.257 e. The zero-order valence-corrected chi connectivity index (χ0v) is 16.8. The highest BCUT2D eigenvalue weighted by atomic mass is 32.2. The first-order chi connectivity index (χ1) is 13.6. The van der Waals surface area contributed by atoms with E-state index in [1.165, 1.54) is 28.7 Å². The molecule has 0 saturated heterocycles. The van der Waals surface area contributed by atoms with Crippen molar-refractivity contribution in [1.82, 2.24) is 10.2 Å². The number of amides is 2. The molecule has 2 aromatic carbocycles. The second kappa shape index (κ2) is 8.12. The van der Waals surface area contributed by atoms with E-state index in [2.05, 4.69) is 21.6 Å². The molecule has 1 aliphatic heterocycles. The highest BCUT2D eigenvalue weighted by molar-refractivity contribution is 8.01. The number of benzene rings is 2. The Kier molecular flexibility index (Phi) is 5.40. The number of para-hydroxylation sites is 1. The van der Waals surface area contributed by atoms with Crippen molar-refractivity contribution < 1.29 is 9.59 Å². The van der Waals surface area contributed by atoms with Crippen molar-refractivity contribution in [3.63, 3.8) is 0 Å². The molecule has 0 fully saturated rings. The summed E-state index contributed by atoms with van der Waals surface area (Å²) in [6.45, 7) is 2.69. The normalized spacial score (nSPS) is 12.7. The summed E-state index contributed by atoms with van der Waals surface area (Å²) in [5.41, 5.74) is 3.86. The number of nitrogens with one attached hydrogen (secondary N) is 1. The first kappa shape index (κ1) is 18.6. The monoisotopic (exact) mass is 410 g/mol. The summed E-state index contributed by atoms with van der Waals surface area (Å²) >= 11 is 2.61. The average Bonchev–Trinajstić information content (AvgIpc) is 3.33. The van der Waals surface area contributed by atoms with E-state index in [1.807, 2.05) is 42.2 Å². The summed E-state index contributed by atoms with van der Waals surface area (Å²) in [5.74, 6) is 0.113. The van der Waals surface area contributed by atoms with Crippen molar-refractivity contribution in [3.05, 3.63) is 65.2 Å². The van der Waals surface area contributed by atoms with Crippen LogP contribution < -0.4 is 10.2 Å². The lowest BCUT2D eigenvalue weighted by molar-refractivity contribution is -0.116. The predicted octanol–water partition coefficient (Wildman–Crippen LogP) is 3.78. The molecule has 142 valence electrons. The molecule has 1 aromatic heterocycles. The van der Waals surface area contributed by atoms with E-state index < -0.39 is 0 Å². The molecule has 28 heavy (non-hydrogen) atoms. The molecule has 2 heterocycles. The largest absolute Gasteiger partial charge is 0.311 e. The topological polar surface area (TPSA) is 75.2 Å². The maximum atomic E-state index is 12.6. The van der Waals surface area contributed by atoms with Gasteiger partial charge in [-0.2, -0.15) is 0 Å². The first-order valence-corrected chi connectivity index (χ1v) is 10.6. The van der Waals surface area contributed by atoms with E-state index >= 15 is 0 Å². The molecular formula is C20H18N4O2S2. The van der Waals surface area contributed by atoms with Crippen LogP contribution in [0, 0.1) is 6.92 Å². The van der Waals surface area contributed by atoms with Gasteiger partial charge in [-0.25, -0.2) is 0 Å². The van der Waals surface area contributed by atoms with Crippen LogP contribution in [0.15, 0.2) is 52.9 Å². The van der Waals surface area contributed by atoms with Crippen molar-refractivity contribution >= 4 is 45.7 Å². The van der Waals surface area contributed by atoms with Gasteiger partial charge in [-0.15, -0.1) is 10.2 Å². The summed E-state index contributed by atoms with van der Waals surface area (Å²) in [4.78, 5) is 26.6. The minimum Gasteiger partial charge on any atom is -0.311 e. The van der Waals surface area contributed by atoms with Crippen LogP contribution >= 0.6 is 23.1 Å². The number of aromatic nitrogens is 2. The van der Waals surface area contributed by atoms with E-state index in [4.69, 9.17) is 0 Å². The Bertz CT molecular complexity index is 1020. The van der Waals surface area contributed by atoms with Crippen molar-refractivity contribution in [2.24, 2.45) is 0 Å². The third kappa shape index (κ3) is 4.07. The number of hydrogen-bond donors (Lipinski definition) is 1. The van der Waals surface area contributed by atoms with Crippen LogP contribution in [-0.4, -0.2) is 34.3 Å². The summed E-state index contributed by atoms with van der Waals surface area (Å²) in [5, 5.41) is 11.2. The molecule has 0 saturated carbocycles. The molecular weight excluding hydrogens is 392 g/mol. The summed E-state index contributed by atoms with van der Waals surface area (Å²) in [7, 11) is 0. The highest BCUT2D eigenvalue weighted by Gasteiger charge is 2.24. The molecule has 1 N–H and O–H groups in total. The van der Waals surface area contributed by atoms with Crippen LogP contribution in [0.1, 0.15) is 21.5 Å². The Morgan fingerprint density at radius 2 is 1.93 bits per heavy atom. The number of nitrogens with zero attached hydrogens (tertiary/aromatic N) is 3. The lowest BCUT2D eigenvalue weighted by Gasteiger charge is -2.16. The number of thioether (sulfide) groups is 1. The molecule has 6 nitrogen and oxygen atoms in total. The highest BCUT2D eigenvalue weighted by Crippen LogP contribution is 2.30. The van der Waals surface area contributed by atoms with Crippen LogP contribution in [0.5, 0.6) is 0 Å². The lowest BCUT2D eigenvalue weighted by atomic mass is 10.1.